The molecule has 23 heavy (non-hydrogen) atoms. The fraction of sp³-hybridized carbons (Fsp3) is 0.429. The first-order valence-electron chi connectivity index (χ1n) is 7.29. The maximum Gasteiger partial charge on any atom is 0.253 e. The second-order valence-corrected chi connectivity index (χ2v) is 8.51. The molecule has 9 heteroatoms. The van der Waals surface area contributed by atoms with E-state index >= 15 is 0 Å². The Bertz CT molecular complexity index is 783. The first-order valence-corrected chi connectivity index (χ1v) is 9.61. The highest BCUT2D eigenvalue weighted by molar-refractivity contribution is 7.91. The lowest BCUT2D eigenvalue weighted by molar-refractivity contribution is -0.124. The van der Waals surface area contributed by atoms with Crippen LogP contribution >= 0.6 is 11.3 Å². The quantitative estimate of drug-likeness (QED) is 0.866. The topological polar surface area (TPSA) is 84.3 Å². The van der Waals surface area contributed by atoms with Crippen molar-refractivity contribution >= 4 is 27.3 Å². The Balaban J connectivity index is 1.70. The molecule has 0 saturated carbocycles. The number of hydrogen-bond donors (Lipinski definition) is 1. The molecule has 7 nitrogen and oxygen atoms in total. The minimum absolute atomic E-state index is 0.258. The summed E-state index contributed by atoms with van der Waals surface area (Å²) in [6, 6.07) is 2.63. The van der Waals surface area contributed by atoms with Crippen LogP contribution in [0.5, 0.6) is 0 Å². The van der Waals surface area contributed by atoms with Crippen LogP contribution in [0.3, 0.4) is 0 Å². The van der Waals surface area contributed by atoms with Crippen LogP contribution < -0.4 is 5.32 Å². The second kappa shape index (κ2) is 6.42. The van der Waals surface area contributed by atoms with E-state index < -0.39 is 16.1 Å². The lowest BCUT2D eigenvalue weighted by Gasteiger charge is -2.22. The fourth-order valence-corrected chi connectivity index (χ4v) is 5.46. The monoisotopic (exact) mass is 354 g/mol. The molecule has 0 radical (unpaired) electrons. The molecular formula is C14H18N4O3S2. The summed E-state index contributed by atoms with van der Waals surface area (Å²) in [7, 11) is -1.79. The molecule has 1 N–H and O–H groups in total. The molecular weight excluding hydrogens is 336 g/mol. The van der Waals surface area contributed by atoms with Gasteiger partial charge >= 0.3 is 0 Å². The molecule has 0 spiro atoms. The van der Waals surface area contributed by atoms with E-state index in [2.05, 4.69) is 10.4 Å². The van der Waals surface area contributed by atoms with Crippen LogP contribution in [-0.4, -0.2) is 41.0 Å². The van der Waals surface area contributed by atoms with Crippen LogP contribution in [0.15, 0.2) is 34.1 Å². The number of amides is 1. The van der Waals surface area contributed by atoms with Gasteiger partial charge in [0.15, 0.2) is 0 Å². The molecule has 0 aliphatic carbocycles. The van der Waals surface area contributed by atoms with Crippen LogP contribution in [-0.2, 0) is 28.4 Å². The molecule has 1 unspecified atom stereocenters. The van der Waals surface area contributed by atoms with E-state index in [9.17, 15) is 13.2 Å². The van der Waals surface area contributed by atoms with Crippen molar-refractivity contribution in [1.29, 1.82) is 0 Å². The van der Waals surface area contributed by atoms with E-state index in [0.717, 1.165) is 5.56 Å². The number of rotatable bonds is 5. The zero-order valence-corrected chi connectivity index (χ0v) is 14.3. The maximum absolute atomic E-state index is 12.6. The van der Waals surface area contributed by atoms with Crippen molar-refractivity contribution in [3.63, 3.8) is 0 Å². The highest BCUT2D eigenvalue weighted by Crippen LogP contribution is 2.28. The van der Waals surface area contributed by atoms with Crippen molar-refractivity contribution in [2.24, 2.45) is 7.05 Å². The summed E-state index contributed by atoms with van der Waals surface area (Å²) in [5, 5.41) is 8.57. The first-order chi connectivity index (χ1) is 11.0. The molecule has 1 saturated heterocycles. The Morgan fingerprint density at radius 3 is 3.00 bits per heavy atom. The van der Waals surface area contributed by atoms with Crippen LogP contribution in [0.1, 0.15) is 18.4 Å². The van der Waals surface area contributed by atoms with Crippen LogP contribution in [0.25, 0.3) is 0 Å². The third-order valence-corrected chi connectivity index (χ3v) is 7.07. The molecule has 1 amide bonds. The van der Waals surface area contributed by atoms with Crippen LogP contribution in [0.4, 0.5) is 0 Å². The Morgan fingerprint density at radius 1 is 1.52 bits per heavy atom. The number of carbonyl (C=O) groups is 1. The Hall–Kier alpha value is -1.71. The van der Waals surface area contributed by atoms with Crippen molar-refractivity contribution in [1.82, 2.24) is 19.4 Å². The minimum Gasteiger partial charge on any atom is -0.351 e. The number of aryl methyl sites for hydroxylation is 1. The molecule has 1 atom stereocenters. The lowest BCUT2D eigenvalue weighted by Crippen LogP contribution is -2.45. The summed E-state index contributed by atoms with van der Waals surface area (Å²) in [5.41, 5.74) is 0.881. The standard InChI is InChI=1S/C14H18N4O3S2/c1-17-10-11(9-16-17)8-15-14(19)12-4-2-6-18(12)23(20,21)13-5-3-7-22-13/h3,5,7,9-10,12H,2,4,6,8H2,1H3,(H,15,19). The van der Waals surface area contributed by atoms with Gasteiger partial charge in [-0.25, -0.2) is 8.42 Å². The first kappa shape index (κ1) is 16.2. The molecule has 1 aliphatic heterocycles. The summed E-state index contributed by atoms with van der Waals surface area (Å²) < 4.78 is 28.5. The van der Waals surface area contributed by atoms with Crippen LogP contribution in [0, 0.1) is 0 Å². The molecule has 2 aromatic rings. The summed E-state index contributed by atoms with van der Waals surface area (Å²) in [6.07, 6.45) is 4.73. The molecule has 1 fully saturated rings. The van der Waals surface area contributed by atoms with Crippen LogP contribution in [0.2, 0.25) is 0 Å². The summed E-state index contributed by atoms with van der Waals surface area (Å²) in [5.74, 6) is -0.258. The number of nitrogens with zero attached hydrogens (tertiary/aromatic N) is 3. The SMILES string of the molecule is Cn1cc(CNC(=O)C2CCCN2S(=O)(=O)c2cccs2)cn1. The molecule has 0 aromatic carbocycles. The number of nitrogens with one attached hydrogen (secondary N) is 1. The zero-order valence-electron chi connectivity index (χ0n) is 12.7. The molecule has 0 bridgehead atoms. The van der Waals surface area contributed by atoms with Gasteiger partial charge in [0.25, 0.3) is 10.0 Å². The Kier molecular flexibility index (Phi) is 4.51. The van der Waals surface area contributed by atoms with E-state index in [1.54, 1.807) is 35.4 Å². The second-order valence-electron chi connectivity index (χ2n) is 5.45. The lowest BCUT2D eigenvalue weighted by atomic mass is 10.2. The van der Waals surface area contributed by atoms with Gasteiger partial charge in [-0.1, -0.05) is 6.07 Å². The third kappa shape index (κ3) is 3.31. The van der Waals surface area contributed by atoms with Gasteiger partial charge in [-0.3, -0.25) is 9.48 Å². The fourth-order valence-electron chi connectivity index (χ4n) is 2.69. The van der Waals surface area contributed by atoms with E-state index in [-0.39, 0.29) is 10.1 Å². The number of aromatic nitrogens is 2. The summed E-state index contributed by atoms with van der Waals surface area (Å²) in [4.78, 5) is 12.4. The predicted molar refractivity (Wildman–Crippen MR) is 86.3 cm³/mol. The van der Waals surface area contributed by atoms with Gasteiger partial charge in [-0.2, -0.15) is 9.40 Å². The van der Waals surface area contributed by atoms with Gasteiger partial charge in [0.2, 0.25) is 5.91 Å². The molecule has 1 aliphatic rings. The van der Waals surface area contributed by atoms with Gasteiger partial charge in [-0.05, 0) is 24.3 Å². The van der Waals surface area contributed by atoms with Crippen molar-refractivity contribution in [2.75, 3.05) is 6.54 Å². The van der Waals surface area contributed by atoms with E-state index in [1.165, 1.54) is 15.6 Å². The molecule has 124 valence electrons. The number of carbonyl (C=O) groups excluding carboxylic acids is 1. The van der Waals surface area contributed by atoms with E-state index in [0.29, 0.717) is 25.9 Å². The van der Waals surface area contributed by atoms with Crippen molar-refractivity contribution < 1.29 is 13.2 Å². The molecule has 3 heterocycles. The Morgan fingerprint density at radius 2 is 2.35 bits per heavy atom. The van der Waals surface area contributed by atoms with Crippen molar-refractivity contribution in [3.8, 4) is 0 Å². The summed E-state index contributed by atoms with van der Waals surface area (Å²) >= 11 is 1.17. The third-order valence-electron chi connectivity index (χ3n) is 3.79. The molecule has 2 aromatic heterocycles. The summed E-state index contributed by atoms with van der Waals surface area (Å²) in [6.45, 7) is 0.723. The van der Waals surface area contributed by atoms with E-state index in [1.807, 2.05) is 6.20 Å². The van der Waals surface area contributed by atoms with Gasteiger partial charge in [-0.15, -0.1) is 11.3 Å². The minimum atomic E-state index is -3.59. The average molecular weight is 354 g/mol. The smallest absolute Gasteiger partial charge is 0.253 e. The largest absolute Gasteiger partial charge is 0.351 e. The normalized spacial score (nSPS) is 19.1. The highest BCUT2D eigenvalue weighted by atomic mass is 32.2. The highest BCUT2D eigenvalue weighted by Gasteiger charge is 2.39. The predicted octanol–water partition coefficient (Wildman–Crippen LogP) is 0.951. The Labute approximate surface area is 139 Å². The van der Waals surface area contributed by atoms with Gasteiger partial charge < -0.3 is 5.32 Å². The maximum atomic E-state index is 12.6. The van der Waals surface area contributed by atoms with Crippen molar-refractivity contribution in [3.05, 3.63) is 35.5 Å². The van der Waals surface area contributed by atoms with E-state index in [4.69, 9.17) is 0 Å². The van der Waals surface area contributed by atoms with Gasteiger partial charge in [0.1, 0.15) is 10.3 Å². The zero-order chi connectivity index (χ0) is 16.4. The van der Waals surface area contributed by atoms with Gasteiger partial charge in [0, 0.05) is 31.9 Å². The number of sulfonamides is 1. The molecule has 3 rings (SSSR count). The number of thiophene rings is 1. The number of hydrogen-bond acceptors (Lipinski definition) is 5. The van der Waals surface area contributed by atoms with Gasteiger partial charge in [0.05, 0.1) is 6.20 Å². The van der Waals surface area contributed by atoms with Crippen molar-refractivity contribution in [2.45, 2.75) is 29.6 Å². The average Bonchev–Trinajstić information content (AvgIpc) is 3.25.